The molecule has 6 rings (SSSR count). The molecule has 0 saturated carbocycles. The summed E-state index contributed by atoms with van der Waals surface area (Å²) >= 11 is 0. The van der Waals surface area contributed by atoms with Crippen LogP contribution in [-0.4, -0.2) is 119 Å². The van der Waals surface area contributed by atoms with Gasteiger partial charge < -0.3 is 53.6 Å². The Morgan fingerprint density at radius 1 is 1.04 bits per heavy atom. The Balaban J connectivity index is 1.39. The molecule has 4 saturated heterocycles. The number of carbonyl (C=O) groups is 1. The molecule has 4 fully saturated rings. The summed E-state index contributed by atoms with van der Waals surface area (Å²) in [6.45, 7) is 13.8. The number of allylic oxidation sites excluding steroid dienone is 2. The van der Waals surface area contributed by atoms with Crippen LogP contribution in [0.15, 0.2) is 47.1 Å². The zero-order valence-electron chi connectivity index (χ0n) is 32.6. The summed E-state index contributed by atoms with van der Waals surface area (Å²) in [5, 5.41) is 45.5. The quantitative estimate of drug-likeness (QED) is 0.237. The molecule has 0 aromatic carbocycles. The van der Waals surface area contributed by atoms with Gasteiger partial charge >= 0.3 is 5.97 Å². The van der Waals surface area contributed by atoms with Crippen LogP contribution in [0, 0.1) is 23.7 Å². The van der Waals surface area contributed by atoms with Crippen molar-refractivity contribution in [1.29, 1.82) is 0 Å². The Labute approximate surface area is 314 Å². The lowest BCUT2D eigenvalue weighted by Gasteiger charge is -2.52. The molecule has 1 spiro atoms. The fraction of sp³-hybridized carbons (Fsp3) is 0.780. The molecule has 298 valence electrons. The van der Waals surface area contributed by atoms with E-state index in [0.717, 1.165) is 12.0 Å². The second kappa shape index (κ2) is 16.3. The van der Waals surface area contributed by atoms with Crippen LogP contribution < -0.4 is 0 Å². The van der Waals surface area contributed by atoms with E-state index in [2.05, 4.69) is 19.9 Å². The van der Waals surface area contributed by atoms with Gasteiger partial charge in [-0.3, -0.25) is 4.79 Å². The molecule has 17 atom stereocenters. The SMILES string of the molecule is CCC(C)[C@H]1O[C@]2(CC(O)[C@@H]1C)C[C@@H]1C[C@@H](C/C=C(\C)[C@@H](O[C@H]3C[C@H](OC)[C@@H](O)[C@H](C)O3)[C@@H](C)/C=C/C=C3\CO[C@@H]4[C@H](O)C(C)=C[C@@H](C(=O)O1)[C@]34O)O2. The van der Waals surface area contributed by atoms with E-state index in [0.29, 0.717) is 30.4 Å². The minimum atomic E-state index is -1.84. The van der Waals surface area contributed by atoms with Crippen molar-refractivity contribution in [2.45, 2.75) is 166 Å². The van der Waals surface area contributed by atoms with Crippen LogP contribution in [0.1, 0.15) is 87.0 Å². The number of esters is 1. The summed E-state index contributed by atoms with van der Waals surface area (Å²) in [7, 11) is 1.57. The summed E-state index contributed by atoms with van der Waals surface area (Å²) in [5.74, 6) is -3.06. The van der Waals surface area contributed by atoms with Crippen LogP contribution in [0.25, 0.3) is 0 Å². The normalized spacial score (nSPS) is 49.8. The number of carbonyl (C=O) groups excluding carboxylic acids is 1. The van der Waals surface area contributed by atoms with Gasteiger partial charge in [-0.25, -0.2) is 0 Å². The Bertz CT molecular complexity index is 1440. The zero-order chi connectivity index (χ0) is 38.4. The lowest BCUT2D eigenvalue weighted by Crippen LogP contribution is -2.60. The topological polar surface area (TPSA) is 163 Å². The highest BCUT2D eigenvalue weighted by molar-refractivity contribution is 5.78. The number of fused-ring (bicyclic) bond motifs is 2. The molecule has 12 nitrogen and oxygen atoms in total. The van der Waals surface area contributed by atoms with Gasteiger partial charge in [-0.05, 0) is 49.8 Å². The van der Waals surface area contributed by atoms with Crippen molar-refractivity contribution in [1.82, 2.24) is 0 Å². The third-order valence-electron chi connectivity index (χ3n) is 12.8. The Hall–Kier alpha value is -1.97. The van der Waals surface area contributed by atoms with Crippen LogP contribution >= 0.6 is 0 Å². The first-order chi connectivity index (χ1) is 25.1. The van der Waals surface area contributed by atoms with Gasteiger partial charge in [-0.2, -0.15) is 0 Å². The van der Waals surface area contributed by atoms with E-state index in [1.165, 1.54) is 0 Å². The molecule has 0 aromatic rings. The lowest BCUT2D eigenvalue weighted by molar-refractivity contribution is -0.354. The molecule has 6 aliphatic rings. The average molecular weight is 747 g/mol. The Morgan fingerprint density at radius 2 is 1.79 bits per heavy atom. The van der Waals surface area contributed by atoms with Crippen molar-refractivity contribution >= 4 is 5.97 Å². The standard InChI is InChI=1S/C41H62O12/c1-9-21(2)37-25(6)31(42)19-40(53-37)18-29-16-28(52-40)14-13-23(4)36(51-33-17-32(47-8)35(44)26(7)49-33)22(3)11-10-12-27-20-48-38-34(43)24(5)15-30(39(45)50-29)41(27,38)46/h10-13,15,21-22,25-26,28-38,42-44,46H,9,14,16-20H2,1-8H3/b11-10+,23-13+,27-12+/t21?,22-,25-,26-,28+,29-,30-,31?,32-,33-,34+,35-,36-,37+,38+,40-,41+/m0/s1. The fourth-order valence-corrected chi connectivity index (χ4v) is 9.29. The summed E-state index contributed by atoms with van der Waals surface area (Å²) in [4.78, 5) is 14.2. The number of hydrogen-bond acceptors (Lipinski definition) is 12. The van der Waals surface area contributed by atoms with Gasteiger partial charge in [0.2, 0.25) is 0 Å². The Kier molecular flexibility index (Phi) is 12.5. The van der Waals surface area contributed by atoms with E-state index < -0.39 is 84.5 Å². The molecule has 0 aromatic heterocycles. The van der Waals surface area contributed by atoms with Gasteiger partial charge in [0.05, 0.1) is 43.2 Å². The molecule has 4 N–H and O–H groups in total. The van der Waals surface area contributed by atoms with Crippen molar-refractivity contribution < 1.29 is 58.4 Å². The number of rotatable bonds is 5. The number of aliphatic hydroxyl groups excluding tert-OH is 3. The first kappa shape index (κ1) is 40.7. The first-order valence-corrected chi connectivity index (χ1v) is 19.6. The minimum absolute atomic E-state index is 0.0264. The molecule has 5 heterocycles. The molecule has 53 heavy (non-hydrogen) atoms. The zero-order valence-corrected chi connectivity index (χ0v) is 32.6. The van der Waals surface area contributed by atoms with Crippen LogP contribution in [0.4, 0.5) is 0 Å². The summed E-state index contributed by atoms with van der Waals surface area (Å²) in [6.07, 6.45) is 4.78. The number of aliphatic hydroxyl groups is 4. The van der Waals surface area contributed by atoms with Gasteiger partial charge in [0, 0.05) is 44.6 Å². The van der Waals surface area contributed by atoms with Gasteiger partial charge in [-0.1, -0.05) is 64.5 Å². The summed E-state index contributed by atoms with van der Waals surface area (Å²) < 4.78 is 44.3. The van der Waals surface area contributed by atoms with E-state index in [4.69, 9.17) is 33.2 Å². The van der Waals surface area contributed by atoms with Crippen molar-refractivity contribution in [3.63, 3.8) is 0 Å². The molecule has 1 aliphatic carbocycles. The first-order valence-electron chi connectivity index (χ1n) is 19.6. The van der Waals surface area contributed by atoms with Crippen LogP contribution in [0.5, 0.6) is 0 Å². The minimum Gasteiger partial charge on any atom is -0.462 e. The highest BCUT2D eigenvalue weighted by Crippen LogP contribution is 2.48. The number of methoxy groups -OCH3 is 1. The maximum atomic E-state index is 14.2. The molecule has 12 heteroatoms. The van der Waals surface area contributed by atoms with Gasteiger partial charge in [0.15, 0.2) is 12.1 Å². The maximum Gasteiger partial charge on any atom is 0.316 e. The molecular weight excluding hydrogens is 684 g/mol. The second-order valence-corrected chi connectivity index (χ2v) is 16.6. The number of hydrogen-bond donors (Lipinski definition) is 4. The van der Waals surface area contributed by atoms with Crippen molar-refractivity contribution in [3.8, 4) is 0 Å². The van der Waals surface area contributed by atoms with Gasteiger partial charge in [0.25, 0.3) is 0 Å². The summed E-state index contributed by atoms with van der Waals surface area (Å²) in [5.41, 5.74) is 0.0738. The van der Waals surface area contributed by atoms with Crippen molar-refractivity contribution in [2.75, 3.05) is 13.7 Å². The number of ether oxygens (including phenoxy) is 7. The maximum absolute atomic E-state index is 14.2. The average Bonchev–Trinajstić information content (AvgIpc) is 3.46. The van der Waals surface area contributed by atoms with Crippen molar-refractivity contribution in [2.24, 2.45) is 23.7 Å². The van der Waals surface area contributed by atoms with Gasteiger partial charge in [0.1, 0.15) is 35.9 Å². The second-order valence-electron chi connectivity index (χ2n) is 16.6. The van der Waals surface area contributed by atoms with Crippen LogP contribution in [-0.2, 0) is 38.0 Å². The molecule has 0 amide bonds. The Morgan fingerprint density at radius 3 is 2.51 bits per heavy atom. The molecular formula is C41H62O12. The predicted octanol–water partition coefficient (Wildman–Crippen LogP) is 4.04. The highest BCUT2D eigenvalue weighted by atomic mass is 16.7. The molecule has 2 unspecified atom stereocenters. The van der Waals surface area contributed by atoms with E-state index in [9.17, 15) is 25.2 Å². The monoisotopic (exact) mass is 746 g/mol. The lowest BCUT2D eigenvalue weighted by atomic mass is 9.71. The predicted molar refractivity (Wildman–Crippen MR) is 194 cm³/mol. The van der Waals surface area contributed by atoms with Crippen molar-refractivity contribution in [3.05, 3.63) is 47.1 Å². The van der Waals surface area contributed by atoms with Crippen LogP contribution in [0.3, 0.4) is 0 Å². The van der Waals surface area contributed by atoms with E-state index in [-0.39, 0.29) is 43.3 Å². The largest absolute Gasteiger partial charge is 0.462 e. The molecule has 2 bridgehead atoms. The highest BCUT2D eigenvalue weighted by Gasteiger charge is 2.60. The molecule has 5 aliphatic heterocycles. The fourth-order valence-electron chi connectivity index (χ4n) is 9.29. The van der Waals surface area contributed by atoms with E-state index in [1.54, 1.807) is 33.1 Å². The van der Waals surface area contributed by atoms with E-state index in [1.807, 2.05) is 32.9 Å². The van der Waals surface area contributed by atoms with Gasteiger partial charge in [-0.15, -0.1) is 0 Å². The smallest absolute Gasteiger partial charge is 0.316 e. The van der Waals surface area contributed by atoms with Crippen LogP contribution in [0.2, 0.25) is 0 Å². The van der Waals surface area contributed by atoms with E-state index >= 15 is 0 Å². The third kappa shape index (κ3) is 8.01. The molecule has 0 radical (unpaired) electrons. The third-order valence-corrected chi connectivity index (χ3v) is 12.8. The summed E-state index contributed by atoms with van der Waals surface area (Å²) in [6, 6.07) is 0.